The molecule has 0 saturated carbocycles. The quantitative estimate of drug-likeness (QED) is 0.291. The summed E-state index contributed by atoms with van der Waals surface area (Å²) in [4.78, 5) is 11.6. The first-order valence-electron chi connectivity index (χ1n) is 6.76. The van der Waals surface area contributed by atoms with Gasteiger partial charge in [0.2, 0.25) is 0 Å². The lowest BCUT2D eigenvalue weighted by Crippen LogP contribution is -2.22. The number of hydrogen-bond acceptors (Lipinski definition) is 1. The van der Waals surface area contributed by atoms with Crippen LogP contribution >= 0.6 is 15.9 Å². The van der Waals surface area contributed by atoms with Gasteiger partial charge in [0.05, 0.1) is 0 Å². The molecule has 0 aromatic heterocycles. The van der Waals surface area contributed by atoms with Gasteiger partial charge in [0, 0.05) is 4.32 Å². The summed E-state index contributed by atoms with van der Waals surface area (Å²) >= 11 is 3.78. The number of carbonyl (C=O) groups excluding carboxylic acids is 1. The minimum Gasteiger partial charge on any atom is -0.296 e. The molecule has 1 unspecified atom stereocenters. The molecule has 0 spiro atoms. The number of carbonyl (C=O) groups is 1. The lowest BCUT2D eigenvalue weighted by molar-refractivity contribution is -0.113. The van der Waals surface area contributed by atoms with E-state index in [1.54, 1.807) is 6.92 Å². The molecule has 0 radical (unpaired) electrons. The van der Waals surface area contributed by atoms with Crippen molar-refractivity contribution in [3.63, 3.8) is 0 Å². The molecule has 4 heteroatoms. The van der Waals surface area contributed by atoms with Crippen LogP contribution in [0.15, 0.2) is 11.0 Å². The fraction of sp³-hybridized carbons (Fsp3) is 0.769. The van der Waals surface area contributed by atoms with Gasteiger partial charge in [-0.05, 0) is 32.2 Å². The van der Waals surface area contributed by atoms with Crippen LogP contribution in [0.1, 0.15) is 52.9 Å². The van der Waals surface area contributed by atoms with Gasteiger partial charge < -0.3 is 0 Å². The minimum absolute atomic E-state index is 0.0189. The van der Waals surface area contributed by atoms with Crippen LogP contribution in [0.5, 0.6) is 0 Å². The predicted octanol–water partition coefficient (Wildman–Crippen LogP) is 2.64. The van der Waals surface area contributed by atoms with Crippen molar-refractivity contribution in [2.24, 2.45) is 0 Å². The van der Waals surface area contributed by atoms with Crippen LogP contribution in [0.3, 0.4) is 0 Å². The molecule has 0 aromatic rings. The summed E-state index contributed by atoms with van der Waals surface area (Å²) in [5.74, 6) is 0.203. The maximum absolute atomic E-state index is 11.6. The van der Waals surface area contributed by atoms with E-state index in [9.17, 15) is 4.79 Å². The Morgan fingerprint density at radius 3 is 2.29 bits per heavy atom. The summed E-state index contributed by atoms with van der Waals surface area (Å²) in [5.41, 5.74) is 2.24. The van der Waals surface area contributed by atoms with Gasteiger partial charge in [-0.25, -0.2) is 0 Å². The second-order valence-corrected chi connectivity index (χ2v) is 6.77. The molecule has 0 aromatic carbocycles. The summed E-state index contributed by atoms with van der Waals surface area (Å²) in [6.45, 7) is 6.06. The standard InChI is InChI=1S/C13H25B2BrO/c1-4-5-6-7-8-11(12(15)10(2)17)13(3,16)9-14/h4-9,14-15H2,1-3H3/b12-11+. The molecule has 17 heavy (non-hydrogen) atoms. The van der Waals surface area contributed by atoms with Crippen molar-refractivity contribution < 1.29 is 4.79 Å². The highest BCUT2D eigenvalue weighted by molar-refractivity contribution is 9.10. The van der Waals surface area contributed by atoms with Crippen LogP contribution in [0.25, 0.3) is 0 Å². The first-order valence-corrected chi connectivity index (χ1v) is 7.56. The highest BCUT2D eigenvalue weighted by atomic mass is 79.9. The van der Waals surface area contributed by atoms with E-state index in [1.165, 1.54) is 31.3 Å². The van der Waals surface area contributed by atoms with E-state index in [2.05, 4.69) is 37.6 Å². The van der Waals surface area contributed by atoms with E-state index in [1.807, 2.05) is 7.85 Å². The topological polar surface area (TPSA) is 17.1 Å². The van der Waals surface area contributed by atoms with Crippen LogP contribution in [0, 0.1) is 0 Å². The number of halogens is 1. The summed E-state index contributed by atoms with van der Waals surface area (Å²) in [7, 11) is 4.13. The Hall–Kier alpha value is 0.0199. The van der Waals surface area contributed by atoms with Crippen molar-refractivity contribution in [2.45, 2.75) is 63.5 Å². The maximum Gasteiger partial charge on any atom is 0.146 e. The molecule has 0 aliphatic carbocycles. The Morgan fingerprint density at radius 2 is 1.88 bits per heavy atom. The van der Waals surface area contributed by atoms with E-state index in [4.69, 9.17) is 0 Å². The zero-order valence-electron chi connectivity index (χ0n) is 12.0. The van der Waals surface area contributed by atoms with Gasteiger partial charge in [-0.1, -0.05) is 54.0 Å². The van der Waals surface area contributed by atoms with Crippen LogP contribution in [0.4, 0.5) is 0 Å². The average Bonchev–Trinajstić information content (AvgIpc) is 2.28. The third-order valence-electron chi connectivity index (χ3n) is 3.55. The fourth-order valence-corrected chi connectivity index (χ4v) is 2.49. The molecule has 0 bridgehead atoms. The highest BCUT2D eigenvalue weighted by Crippen LogP contribution is 2.35. The zero-order chi connectivity index (χ0) is 13.5. The van der Waals surface area contributed by atoms with Gasteiger partial charge in [0.15, 0.2) is 0 Å². The first-order chi connectivity index (χ1) is 7.86. The van der Waals surface area contributed by atoms with E-state index >= 15 is 0 Å². The third kappa shape index (κ3) is 5.94. The second kappa shape index (κ2) is 8.18. The average molecular weight is 299 g/mol. The maximum atomic E-state index is 11.6. The van der Waals surface area contributed by atoms with E-state index < -0.39 is 0 Å². The lowest BCUT2D eigenvalue weighted by atomic mass is 9.76. The number of ketones is 1. The summed E-state index contributed by atoms with van der Waals surface area (Å²) in [5, 5.41) is 0. The van der Waals surface area contributed by atoms with Crippen molar-refractivity contribution in [3.05, 3.63) is 11.0 Å². The van der Waals surface area contributed by atoms with Crippen molar-refractivity contribution in [2.75, 3.05) is 0 Å². The largest absolute Gasteiger partial charge is 0.296 e. The molecule has 0 saturated heterocycles. The normalized spacial score (nSPS) is 16.2. The van der Waals surface area contributed by atoms with Crippen LogP contribution < -0.4 is 0 Å². The number of Topliss-reactive ketones (excluding diaryl/α,β-unsaturated/α-hetero) is 1. The number of hydrogen-bond donors (Lipinski definition) is 0. The summed E-state index contributed by atoms with van der Waals surface area (Å²) in [6.07, 6.45) is 7.05. The molecule has 1 atom stereocenters. The number of alkyl halides is 1. The Morgan fingerprint density at radius 1 is 1.29 bits per heavy atom. The van der Waals surface area contributed by atoms with E-state index in [0.717, 1.165) is 18.2 Å². The fourth-order valence-electron chi connectivity index (χ4n) is 1.99. The molecule has 0 heterocycles. The van der Waals surface area contributed by atoms with Gasteiger partial charge >= 0.3 is 0 Å². The Kier molecular flexibility index (Phi) is 8.19. The molecule has 0 rings (SSSR count). The summed E-state index contributed by atoms with van der Waals surface area (Å²) < 4.78 is -0.0189. The minimum atomic E-state index is -0.0189. The van der Waals surface area contributed by atoms with Crippen molar-refractivity contribution in [3.8, 4) is 0 Å². The SMILES string of the molecule is BCC(C)(Br)/C(CCCCCC)=C(/B)C(C)=O. The second-order valence-electron chi connectivity index (χ2n) is 5.02. The molecular weight excluding hydrogens is 274 g/mol. The zero-order valence-corrected chi connectivity index (χ0v) is 13.6. The van der Waals surface area contributed by atoms with Gasteiger partial charge in [-0.3, -0.25) is 4.79 Å². The van der Waals surface area contributed by atoms with E-state index in [-0.39, 0.29) is 10.1 Å². The number of rotatable bonds is 8. The van der Waals surface area contributed by atoms with Crippen molar-refractivity contribution >= 4 is 37.4 Å². The van der Waals surface area contributed by atoms with Crippen molar-refractivity contribution in [1.29, 1.82) is 0 Å². The molecule has 96 valence electrons. The van der Waals surface area contributed by atoms with Gasteiger partial charge in [0.25, 0.3) is 0 Å². The highest BCUT2D eigenvalue weighted by Gasteiger charge is 2.25. The molecule has 0 fully saturated rings. The predicted molar refractivity (Wildman–Crippen MR) is 85.7 cm³/mol. The number of unbranched alkanes of at least 4 members (excludes halogenated alkanes) is 3. The monoisotopic (exact) mass is 298 g/mol. The van der Waals surface area contributed by atoms with Crippen molar-refractivity contribution in [1.82, 2.24) is 0 Å². The third-order valence-corrected chi connectivity index (χ3v) is 4.59. The molecular formula is C13H25B2BrO. The smallest absolute Gasteiger partial charge is 0.146 e. The van der Waals surface area contributed by atoms with Crippen LogP contribution in [-0.2, 0) is 4.79 Å². The molecule has 0 aliphatic rings. The van der Waals surface area contributed by atoms with Crippen LogP contribution in [-0.4, -0.2) is 25.8 Å². The molecule has 0 aliphatic heterocycles. The van der Waals surface area contributed by atoms with Gasteiger partial charge in [0.1, 0.15) is 21.5 Å². The lowest BCUT2D eigenvalue weighted by Gasteiger charge is -2.27. The van der Waals surface area contributed by atoms with Crippen LogP contribution in [0.2, 0.25) is 6.32 Å². The Labute approximate surface area is 117 Å². The first kappa shape index (κ1) is 17.0. The molecule has 0 N–H and O–H groups in total. The van der Waals surface area contributed by atoms with Gasteiger partial charge in [-0.2, -0.15) is 0 Å². The summed E-state index contributed by atoms with van der Waals surface area (Å²) in [6, 6.07) is 0. The van der Waals surface area contributed by atoms with Gasteiger partial charge in [-0.15, -0.1) is 0 Å². The number of allylic oxidation sites excluding steroid dienone is 2. The molecule has 1 nitrogen and oxygen atoms in total. The molecule has 0 amide bonds. The Balaban J connectivity index is 4.77. The van der Waals surface area contributed by atoms with E-state index in [0.29, 0.717) is 0 Å². The Bertz CT molecular complexity index is 285.